The van der Waals surface area contributed by atoms with Crippen molar-refractivity contribution in [3.63, 3.8) is 0 Å². The van der Waals surface area contributed by atoms with E-state index < -0.39 is 0 Å². The summed E-state index contributed by atoms with van der Waals surface area (Å²) in [5, 5.41) is 0. The highest BCUT2D eigenvalue weighted by atomic mass is 16.5. The van der Waals surface area contributed by atoms with E-state index >= 15 is 0 Å². The van der Waals surface area contributed by atoms with Crippen molar-refractivity contribution in [2.45, 2.75) is 39.3 Å². The lowest BCUT2D eigenvalue weighted by Gasteiger charge is -2.19. The number of benzene rings is 1. The molecule has 0 bridgehead atoms. The quantitative estimate of drug-likeness (QED) is 0.846. The highest BCUT2D eigenvalue weighted by Crippen LogP contribution is 2.37. The van der Waals surface area contributed by atoms with E-state index in [1.54, 1.807) is 7.11 Å². The van der Waals surface area contributed by atoms with E-state index in [9.17, 15) is 4.79 Å². The average Bonchev–Trinajstić information content (AvgIpc) is 3.29. The summed E-state index contributed by atoms with van der Waals surface area (Å²) < 4.78 is 5.55. The molecule has 0 unspecified atom stereocenters. The van der Waals surface area contributed by atoms with Gasteiger partial charge in [-0.1, -0.05) is 12.1 Å². The van der Waals surface area contributed by atoms with Gasteiger partial charge < -0.3 is 14.5 Å². The van der Waals surface area contributed by atoms with Crippen molar-refractivity contribution >= 4 is 11.9 Å². The van der Waals surface area contributed by atoms with Gasteiger partial charge in [-0.25, -0.2) is 9.97 Å². The van der Waals surface area contributed by atoms with Crippen molar-refractivity contribution in [2.24, 2.45) is 0 Å². The van der Waals surface area contributed by atoms with E-state index in [4.69, 9.17) is 9.72 Å². The highest BCUT2D eigenvalue weighted by molar-refractivity contribution is 5.99. The zero-order chi connectivity index (χ0) is 18.3. The summed E-state index contributed by atoms with van der Waals surface area (Å²) in [6, 6.07) is 7.96. The van der Waals surface area contributed by atoms with Crippen LogP contribution in [0.3, 0.4) is 0 Å². The summed E-state index contributed by atoms with van der Waals surface area (Å²) in [6.45, 7) is 6.47. The molecule has 4 rings (SSSR count). The lowest BCUT2D eigenvalue weighted by atomic mass is 10.0. The first-order chi connectivity index (χ1) is 12.6. The van der Waals surface area contributed by atoms with E-state index in [1.807, 2.05) is 43.0 Å². The number of aromatic nitrogens is 2. The molecular weight excluding hydrogens is 328 g/mol. The molecule has 1 aromatic carbocycles. The Morgan fingerprint density at radius 1 is 1.08 bits per heavy atom. The van der Waals surface area contributed by atoms with Crippen LogP contribution in [0.2, 0.25) is 0 Å². The highest BCUT2D eigenvalue weighted by Gasteiger charge is 2.35. The Labute approximate surface area is 153 Å². The van der Waals surface area contributed by atoms with Crippen LogP contribution in [-0.2, 0) is 6.54 Å². The monoisotopic (exact) mass is 352 g/mol. The third-order valence-corrected chi connectivity index (χ3v) is 5.16. The molecule has 6 heteroatoms. The van der Waals surface area contributed by atoms with Crippen LogP contribution >= 0.6 is 0 Å². The maximum Gasteiger partial charge on any atom is 0.273 e. The Morgan fingerprint density at radius 3 is 2.46 bits per heavy atom. The van der Waals surface area contributed by atoms with Gasteiger partial charge in [-0.3, -0.25) is 4.79 Å². The zero-order valence-corrected chi connectivity index (χ0v) is 15.5. The van der Waals surface area contributed by atoms with Gasteiger partial charge in [0.1, 0.15) is 11.4 Å². The van der Waals surface area contributed by atoms with Crippen LogP contribution in [0, 0.1) is 0 Å². The van der Waals surface area contributed by atoms with Crippen LogP contribution in [0.25, 0.3) is 11.3 Å². The first kappa shape index (κ1) is 16.8. The molecule has 1 saturated heterocycles. The fourth-order valence-electron chi connectivity index (χ4n) is 3.72. The number of fused-ring (bicyclic) bond motifs is 1. The van der Waals surface area contributed by atoms with E-state index in [-0.39, 0.29) is 11.9 Å². The third-order valence-electron chi connectivity index (χ3n) is 5.16. The maximum absolute atomic E-state index is 12.9. The van der Waals surface area contributed by atoms with Gasteiger partial charge in [0.2, 0.25) is 5.95 Å². The smallest absolute Gasteiger partial charge is 0.273 e. The molecule has 0 spiro atoms. The molecule has 3 heterocycles. The van der Waals surface area contributed by atoms with Crippen LogP contribution in [0.1, 0.15) is 42.7 Å². The predicted molar refractivity (Wildman–Crippen MR) is 100 cm³/mol. The van der Waals surface area contributed by atoms with Gasteiger partial charge in [0.15, 0.2) is 0 Å². The number of ether oxygens (including phenoxy) is 1. The Bertz CT molecular complexity index is 844. The van der Waals surface area contributed by atoms with Crippen molar-refractivity contribution in [3.05, 3.63) is 35.5 Å². The number of amides is 1. The zero-order valence-electron chi connectivity index (χ0n) is 15.5. The Morgan fingerprint density at radius 2 is 1.77 bits per heavy atom. The molecular formula is C20H24N4O2. The molecule has 0 saturated carbocycles. The van der Waals surface area contributed by atoms with Gasteiger partial charge in [0, 0.05) is 30.3 Å². The Hall–Kier alpha value is -2.63. The molecule has 2 aliphatic heterocycles. The summed E-state index contributed by atoms with van der Waals surface area (Å²) >= 11 is 0. The molecule has 1 fully saturated rings. The second-order valence-electron chi connectivity index (χ2n) is 7.12. The lowest BCUT2D eigenvalue weighted by molar-refractivity contribution is 0.0726. The van der Waals surface area contributed by atoms with Gasteiger partial charge >= 0.3 is 0 Å². The molecule has 0 aliphatic carbocycles. The van der Waals surface area contributed by atoms with Crippen LogP contribution in [0.5, 0.6) is 5.75 Å². The van der Waals surface area contributed by atoms with Gasteiger partial charge in [0.05, 0.1) is 19.3 Å². The molecule has 2 aromatic rings. The van der Waals surface area contributed by atoms with E-state index in [1.165, 1.54) is 0 Å². The third kappa shape index (κ3) is 2.69. The number of carbonyl (C=O) groups is 1. The SMILES string of the molecule is COc1ccccc1-c1nc(N2CCCC2)nc2c1CN(C(C)C)C2=O. The topological polar surface area (TPSA) is 58.6 Å². The largest absolute Gasteiger partial charge is 0.496 e. The summed E-state index contributed by atoms with van der Waals surface area (Å²) in [4.78, 5) is 26.5. The number of anilines is 1. The van der Waals surface area contributed by atoms with Crippen molar-refractivity contribution in [1.29, 1.82) is 0 Å². The number of carbonyl (C=O) groups excluding carboxylic acids is 1. The second kappa shape index (κ2) is 6.59. The van der Waals surface area contributed by atoms with Crippen LogP contribution in [0.4, 0.5) is 5.95 Å². The molecule has 136 valence electrons. The van der Waals surface area contributed by atoms with Crippen LogP contribution < -0.4 is 9.64 Å². The average molecular weight is 352 g/mol. The van der Waals surface area contributed by atoms with Gasteiger partial charge in [-0.05, 0) is 38.8 Å². The number of methoxy groups -OCH3 is 1. The first-order valence-corrected chi connectivity index (χ1v) is 9.20. The second-order valence-corrected chi connectivity index (χ2v) is 7.12. The molecule has 0 atom stereocenters. The number of rotatable bonds is 4. The molecule has 0 radical (unpaired) electrons. The minimum atomic E-state index is -0.00556. The van der Waals surface area contributed by atoms with Crippen molar-refractivity contribution in [2.75, 3.05) is 25.1 Å². The van der Waals surface area contributed by atoms with E-state index in [2.05, 4.69) is 9.88 Å². The van der Waals surface area contributed by atoms with Gasteiger partial charge in [-0.2, -0.15) is 0 Å². The number of hydrogen-bond acceptors (Lipinski definition) is 5. The molecule has 2 aliphatic rings. The van der Waals surface area contributed by atoms with E-state index in [0.29, 0.717) is 18.2 Å². The minimum Gasteiger partial charge on any atom is -0.496 e. The fourth-order valence-corrected chi connectivity index (χ4v) is 3.72. The van der Waals surface area contributed by atoms with Gasteiger partial charge in [0.25, 0.3) is 5.91 Å². The molecule has 0 N–H and O–H groups in total. The Balaban J connectivity index is 1.90. The van der Waals surface area contributed by atoms with Crippen LogP contribution in [-0.4, -0.2) is 47.0 Å². The van der Waals surface area contributed by atoms with Crippen molar-refractivity contribution < 1.29 is 9.53 Å². The van der Waals surface area contributed by atoms with E-state index in [0.717, 1.165) is 48.5 Å². The normalized spacial score (nSPS) is 16.5. The number of para-hydroxylation sites is 1. The van der Waals surface area contributed by atoms with Crippen molar-refractivity contribution in [3.8, 4) is 17.0 Å². The predicted octanol–water partition coefficient (Wildman–Crippen LogP) is 3.12. The maximum atomic E-state index is 12.9. The minimum absolute atomic E-state index is 0.00556. The number of hydrogen-bond donors (Lipinski definition) is 0. The summed E-state index contributed by atoms with van der Waals surface area (Å²) in [5.41, 5.74) is 3.16. The van der Waals surface area contributed by atoms with Crippen LogP contribution in [0.15, 0.2) is 24.3 Å². The standard InChI is InChI=1S/C20H24N4O2/c1-13(2)24-12-15-17(14-8-4-5-9-16(14)26-3)21-20(22-18(15)19(24)25)23-10-6-7-11-23/h4-5,8-9,13H,6-7,10-12H2,1-3H3. The molecule has 1 amide bonds. The van der Waals surface area contributed by atoms with Gasteiger partial charge in [-0.15, -0.1) is 0 Å². The molecule has 1 aromatic heterocycles. The lowest BCUT2D eigenvalue weighted by Crippen LogP contribution is -2.31. The summed E-state index contributed by atoms with van der Waals surface area (Å²) in [7, 11) is 1.66. The summed E-state index contributed by atoms with van der Waals surface area (Å²) in [5.74, 6) is 1.41. The fraction of sp³-hybridized carbons (Fsp3) is 0.450. The molecule has 26 heavy (non-hydrogen) atoms. The Kier molecular flexibility index (Phi) is 4.26. The number of nitrogens with zero attached hydrogens (tertiary/aromatic N) is 4. The molecule has 6 nitrogen and oxygen atoms in total. The first-order valence-electron chi connectivity index (χ1n) is 9.20. The summed E-state index contributed by atoms with van der Waals surface area (Å²) in [6.07, 6.45) is 2.27. The van der Waals surface area contributed by atoms with Crippen molar-refractivity contribution in [1.82, 2.24) is 14.9 Å².